The molecule has 0 saturated heterocycles. The Labute approximate surface area is 181 Å². The molecule has 4 aromatic rings. The van der Waals surface area contributed by atoms with E-state index in [-0.39, 0.29) is 0 Å². The van der Waals surface area contributed by atoms with Crippen LogP contribution in [0.15, 0.2) is 121 Å². The molecule has 0 aliphatic rings. The normalized spacial score (nSPS) is 11.5. The SMILES string of the molecule is c1ccc(C(PCC[As](c2ccccc2)c2ccccc2)c2ccccc2)cc1. The number of rotatable bonds is 8. The molecular weight excluding hydrogens is 430 g/mol. The topological polar surface area (TPSA) is 0 Å². The van der Waals surface area contributed by atoms with E-state index in [9.17, 15) is 0 Å². The van der Waals surface area contributed by atoms with Gasteiger partial charge in [-0.25, -0.2) is 0 Å². The Bertz CT molecular complexity index is 810. The van der Waals surface area contributed by atoms with Crippen molar-refractivity contribution in [1.82, 2.24) is 0 Å². The average Bonchev–Trinajstić information content (AvgIpc) is 2.81. The molecule has 0 fully saturated rings. The van der Waals surface area contributed by atoms with E-state index in [0.29, 0.717) is 5.66 Å². The molecule has 0 nitrogen and oxygen atoms in total. The summed E-state index contributed by atoms with van der Waals surface area (Å²) in [5.74, 6) is 0. The second-order valence-corrected chi connectivity index (χ2v) is 13.4. The van der Waals surface area contributed by atoms with E-state index in [0.717, 1.165) is 8.58 Å². The Hall–Kier alpha value is -2.13. The second kappa shape index (κ2) is 10.6. The molecule has 0 bridgehead atoms. The summed E-state index contributed by atoms with van der Waals surface area (Å²) in [6.07, 6.45) is 1.28. The fraction of sp³-hybridized carbons (Fsp3) is 0.111. The van der Waals surface area contributed by atoms with Gasteiger partial charge in [-0.2, -0.15) is 0 Å². The summed E-state index contributed by atoms with van der Waals surface area (Å²) in [5, 5.41) is 1.32. The first-order valence-corrected chi connectivity index (χ1v) is 14.6. The first-order chi connectivity index (χ1) is 14.4. The molecule has 4 rings (SSSR count). The third-order valence-corrected chi connectivity index (χ3v) is 12.9. The van der Waals surface area contributed by atoms with Crippen LogP contribution in [-0.2, 0) is 0 Å². The monoisotopic (exact) mass is 456 g/mol. The van der Waals surface area contributed by atoms with E-state index in [1.54, 1.807) is 8.70 Å². The van der Waals surface area contributed by atoms with Gasteiger partial charge in [-0.1, -0.05) is 0 Å². The third kappa shape index (κ3) is 5.48. The van der Waals surface area contributed by atoms with E-state index >= 15 is 0 Å². The summed E-state index contributed by atoms with van der Waals surface area (Å²) in [6.45, 7) is 0. The molecule has 0 radical (unpaired) electrons. The van der Waals surface area contributed by atoms with E-state index in [2.05, 4.69) is 121 Å². The zero-order valence-electron chi connectivity index (χ0n) is 16.5. The molecule has 0 spiro atoms. The minimum absolute atomic E-state index is 0.500. The van der Waals surface area contributed by atoms with Gasteiger partial charge < -0.3 is 0 Å². The van der Waals surface area contributed by atoms with Crippen LogP contribution in [0.5, 0.6) is 0 Å². The Balaban J connectivity index is 1.53. The number of hydrogen-bond acceptors (Lipinski definition) is 0. The molecule has 4 aromatic carbocycles. The Kier molecular flexibility index (Phi) is 7.36. The standard InChI is InChI=1S/C27H26AsP/c1-5-13-23(14-6-1)27(24-15-7-2-8-16-24)29-22-21-28(25-17-9-3-10-18-25)26-19-11-4-12-20-26/h1-20,27,29H,21-22H2. The molecule has 1 atom stereocenters. The molecule has 0 heterocycles. The van der Waals surface area contributed by atoms with E-state index in [1.165, 1.54) is 22.5 Å². The molecule has 0 amide bonds. The van der Waals surface area contributed by atoms with Gasteiger partial charge in [0.25, 0.3) is 0 Å². The Morgan fingerprint density at radius 1 is 0.517 bits per heavy atom. The Morgan fingerprint density at radius 2 is 0.897 bits per heavy atom. The first kappa shape index (κ1) is 20.2. The van der Waals surface area contributed by atoms with Crippen molar-refractivity contribution >= 4 is 31.9 Å². The predicted octanol–water partition coefficient (Wildman–Crippen LogP) is 5.76. The van der Waals surface area contributed by atoms with Crippen LogP contribution in [0.3, 0.4) is 0 Å². The molecule has 0 N–H and O–H groups in total. The molecule has 29 heavy (non-hydrogen) atoms. The van der Waals surface area contributed by atoms with Crippen molar-refractivity contribution in [3.05, 3.63) is 132 Å². The summed E-state index contributed by atoms with van der Waals surface area (Å²) in [6, 6.07) is 44.4. The molecule has 1 unspecified atom stereocenters. The van der Waals surface area contributed by atoms with Crippen LogP contribution in [0.25, 0.3) is 0 Å². The van der Waals surface area contributed by atoms with E-state index in [1.807, 2.05) is 0 Å². The van der Waals surface area contributed by atoms with Gasteiger partial charge in [-0.15, -0.1) is 0 Å². The fourth-order valence-electron chi connectivity index (χ4n) is 3.66. The van der Waals surface area contributed by atoms with E-state index in [4.69, 9.17) is 0 Å². The van der Waals surface area contributed by atoms with Gasteiger partial charge in [0.2, 0.25) is 0 Å². The van der Waals surface area contributed by atoms with Gasteiger partial charge >= 0.3 is 181 Å². The summed E-state index contributed by atoms with van der Waals surface area (Å²) in [4.78, 5) is 0. The van der Waals surface area contributed by atoms with Crippen LogP contribution >= 0.6 is 8.58 Å². The molecule has 0 aliphatic heterocycles. The maximum absolute atomic E-state index is 2.34. The zero-order valence-corrected chi connectivity index (χ0v) is 19.4. The summed E-state index contributed by atoms with van der Waals surface area (Å²) < 4.78 is 3.12. The quantitative estimate of drug-likeness (QED) is 0.234. The summed E-state index contributed by atoms with van der Waals surface area (Å²) in [5.41, 5.74) is 3.38. The Morgan fingerprint density at radius 3 is 1.31 bits per heavy atom. The van der Waals surface area contributed by atoms with Gasteiger partial charge in [-0.05, 0) is 0 Å². The molecule has 0 aromatic heterocycles. The van der Waals surface area contributed by atoms with Crippen molar-refractivity contribution < 1.29 is 0 Å². The molecule has 2 heteroatoms. The fourth-order valence-corrected chi connectivity index (χ4v) is 11.3. The van der Waals surface area contributed by atoms with Crippen LogP contribution in [0.1, 0.15) is 16.8 Å². The number of hydrogen-bond donors (Lipinski definition) is 0. The van der Waals surface area contributed by atoms with Gasteiger partial charge in [-0.3, -0.25) is 0 Å². The van der Waals surface area contributed by atoms with Crippen LogP contribution in [0.4, 0.5) is 0 Å². The van der Waals surface area contributed by atoms with Crippen molar-refractivity contribution in [3.8, 4) is 0 Å². The maximum atomic E-state index is 2.34. The van der Waals surface area contributed by atoms with Crippen LogP contribution in [-0.4, -0.2) is 20.8 Å². The van der Waals surface area contributed by atoms with Crippen LogP contribution in [0, 0.1) is 0 Å². The van der Waals surface area contributed by atoms with Crippen molar-refractivity contribution in [2.45, 2.75) is 10.9 Å². The van der Waals surface area contributed by atoms with Crippen LogP contribution in [0.2, 0.25) is 5.21 Å². The van der Waals surface area contributed by atoms with Gasteiger partial charge in [0.15, 0.2) is 0 Å². The molecular formula is C27H26AsP. The van der Waals surface area contributed by atoms with E-state index < -0.39 is 14.7 Å². The second-order valence-electron chi connectivity index (χ2n) is 7.03. The zero-order chi connectivity index (χ0) is 19.7. The van der Waals surface area contributed by atoms with Crippen molar-refractivity contribution in [2.75, 3.05) is 6.16 Å². The van der Waals surface area contributed by atoms with Crippen molar-refractivity contribution in [1.29, 1.82) is 0 Å². The van der Waals surface area contributed by atoms with Crippen molar-refractivity contribution in [2.24, 2.45) is 0 Å². The predicted molar refractivity (Wildman–Crippen MR) is 131 cm³/mol. The number of benzene rings is 4. The van der Waals surface area contributed by atoms with Crippen molar-refractivity contribution in [3.63, 3.8) is 0 Å². The summed E-state index contributed by atoms with van der Waals surface area (Å²) in [7, 11) is 0.897. The van der Waals surface area contributed by atoms with Gasteiger partial charge in [0, 0.05) is 0 Å². The first-order valence-electron chi connectivity index (χ1n) is 10.1. The molecule has 0 aliphatic carbocycles. The minimum atomic E-state index is -1.27. The average molecular weight is 456 g/mol. The van der Waals surface area contributed by atoms with Crippen LogP contribution < -0.4 is 8.70 Å². The van der Waals surface area contributed by atoms with Gasteiger partial charge in [0.05, 0.1) is 0 Å². The van der Waals surface area contributed by atoms with Gasteiger partial charge in [0.1, 0.15) is 0 Å². The molecule has 144 valence electrons. The third-order valence-electron chi connectivity index (χ3n) is 5.09. The summed E-state index contributed by atoms with van der Waals surface area (Å²) >= 11 is -1.27. The molecule has 0 saturated carbocycles.